The highest BCUT2D eigenvalue weighted by Crippen LogP contribution is 2.30. The summed E-state index contributed by atoms with van der Waals surface area (Å²) in [6, 6.07) is 2.70. The molecule has 0 aliphatic carbocycles. The van der Waals surface area contributed by atoms with Gasteiger partial charge in [0.05, 0.1) is 11.5 Å². The number of rotatable bonds is 4. The molecule has 0 radical (unpaired) electrons. The lowest BCUT2D eigenvalue weighted by Crippen LogP contribution is -2.05. The lowest BCUT2D eigenvalue weighted by molar-refractivity contribution is -0.388. The molecule has 0 spiro atoms. The molecule has 0 aliphatic heterocycles. The summed E-state index contributed by atoms with van der Waals surface area (Å²) in [4.78, 5) is 14.0. The van der Waals surface area contributed by atoms with Crippen LogP contribution in [0.1, 0.15) is 6.92 Å². The molecule has 0 bridgehead atoms. The summed E-state index contributed by atoms with van der Waals surface area (Å²) in [6.45, 7) is 1.68. The van der Waals surface area contributed by atoms with Crippen molar-refractivity contribution in [2.75, 3.05) is 12.3 Å². The first-order valence-corrected chi connectivity index (χ1v) is 5.11. The normalized spacial score (nSPS) is 12.4. The van der Waals surface area contributed by atoms with Crippen LogP contribution in [0.4, 0.5) is 11.5 Å². The Labute approximate surface area is 90.7 Å². The summed E-state index contributed by atoms with van der Waals surface area (Å²) >= 11 is 1.13. The molecule has 7 heteroatoms. The number of nitrogens with zero attached hydrogens (tertiary/aromatic N) is 2. The zero-order valence-corrected chi connectivity index (χ0v) is 8.90. The first-order valence-electron chi connectivity index (χ1n) is 4.23. The molecular weight excluding hydrogens is 218 g/mol. The van der Waals surface area contributed by atoms with Gasteiger partial charge in [-0.2, -0.15) is 0 Å². The fraction of sp³-hybridized carbons (Fsp3) is 0.375. The van der Waals surface area contributed by atoms with E-state index in [0.717, 1.165) is 11.8 Å². The number of nitrogen functional groups attached to an aromatic ring is 1. The van der Waals surface area contributed by atoms with Crippen LogP contribution in [-0.2, 0) is 0 Å². The highest BCUT2D eigenvalue weighted by Gasteiger charge is 2.18. The monoisotopic (exact) mass is 229 g/mol. The molecule has 3 N–H and O–H groups in total. The van der Waals surface area contributed by atoms with E-state index in [4.69, 9.17) is 10.8 Å². The van der Waals surface area contributed by atoms with E-state index in [-0.39, 0.29) is 28.4 Å². The number of nitro groups is 1. The maximum atomic E-state index is 10.7. The predicted octanol–water partition coefficient (Wildman–Crippen LogP) is 1.04. The molecule has 0 amide bonds. The molecule has 1 aromatic heterocycles. The van der Waals surface area contributed by atoms with Crippen LogP contribution in [0.3, 0.4) is 0 Å². The van der Waals surface area contributed by atoms with Crippen molar-refractivity contribution in [2.45, 2.75) is 17.2 Å². The van der Waals surface area contributed by atoms with Gasteiger partial charge in [0, 0.05) is 11.3 Å². The van der Waals surface area contributed by atoms with E-state index in [1.165, 1.54) is 12.1 Å². The number of aromatic nitrogens is 1. The highest BCUT2D eigenvalue weighted by molar-refractivity contribution is 8.00. The van der Waals surface area contributed by atoms with Crippen LogP contribution >= 0.6 is 11.8 Å². The maximum Gasteiger partial charge on any atom is 0.301 e. The van der Waals surface area contributed by atoms with E-state index in [1.807, 2.05) is 0 Å². The molecule has 6 nitrogen and oxygen atoms in total. The fourth-order valence-electron chi connectivity index (χ4n) is 0.901. The molecule has 1 rings (SSSR count). The van der Waals surface area contributed by atoms with E-state index in [0.29, 0.717) is 0 Å². The van der Waals surface area contributed by atoms with Gasteiger partial charge in [0.1, 0.15) is 5.82 Å². The number of thioether (sulfide) groups is 1. The molecule has 82 valence electrons. The van der Waals surface area contributed by atoms with Crippen molar-refractivity contribution in [1.29, 1.82) is 0 Å². The molecule has 0 aliphatic rings. The third kappa shape index (κ3) is 3.07. The lowest BCUT2D eigenvalue weighted by atomic mass is 10.4. The Morgan fingerprint density at radius 1 is 1.73 bits per heavy atom. The van der Waals surface area contributed by atoms with Gasteiger partial charge in [-0.15, -0.1) is 0 Å². The second kappa shape index (κ2) is 4.94. The van der Waals surface area contributed by atoms with Crippen LogP contribution < -0.4 is 5.73 Å². The van der Waals surface area contributed by atoms with Gasteiger partial charge in [-0.1, -0.05) is 18.7 Å². The van der Waals surface area contributed by atoms with E-state index in [1.54, 1.807) is 6.92 Å². The van der Waals surface area contributed by atoms with Crippen molar-refractivity contribution in [3.8, 4) is 0 Å². The fourth-order valence-corrected chi connectivity index (χ4v) is 1.78. The topological polar surface area (TPSA) is 102 Å². The zero-order valence-electron chi connectivity index (χ0n) is 8.08. The van der Waals surface area contributed by atoms with Crippen molar-refractivity contribution in [1.82, 2.24) is 4.98 Å². The van der Waals surface area contributed by atoms with Gasteiger partial charge in [-0.3, -0.25) is 10.1 Å². The molecule has 1 unspecified atom stereocenters. The van der Waals surface area contributed by atoms with Gasteiger partial charge in [-0.25, -0.2) is 4.98 Å². The summed E-state index contributed by atoms with van der Waals surface area (Å²) in [5.74, 6) is 0.230. The average molecular weight is 229 g/mol. The number of pyridine rings is 1. The van der Waals surface area contributed by atoms with Crippen LogP contribution in [0.2, 0.25) is 0 Å². The van der Waals surface area contributed by atoms with E-state index in [9.17, 15) is 10.1 Å². The van der Waals surface area contributed by atoms with Crippen molar-refractivity contribution in [2.24, 2.45) is 0 Å². The van der Waals surface area contributed by atoms with Gasteiger partial charge < -0.3 is 10.8 Å². The van der Waals surface area contributed by atoms with Crippen LogP contribution in [-0.4, -0.2) is 26.9 Å². The van der Waals surface area contributed by atoms with Crippen molar-refractivity contribution >= 4 is 23.3 Å². The van der Waals surface area contributed by atoms with Gasteiger partial charge in [0.25, 0.3) is 0 Å². The number of hydrogen-bond donors (Lipinski definition) is 2. The van der Waals surface area contributed by atoms with Gasteiger partial charge in [-0.05, 0) is 6.07 Å². The Morgan fingerprint density at radius 3 is 2.93 bits per heavy atom. The zero-order chi connectivity index (χ0) is 11.4. The summed E-state index contributed by atoms with van der Waals surface area (Å²) in [5, 5.41) is 19.6. The van der Waals surface area contributed by atoms with Crippen LogP contribution in [0.5, 0.6) is 0 Å². The average Bonchev–Trinajstić information content (AvgIpc) is 2.17. The van der Waals surface area contributed by atoms with Crippen molar-refractivity contribution < 1.29 is 10.0 Å². The van der Waals surface area contributed by atoms with E-state index in [2.05, 4.69) is 4.98 Å². The van der Waals surface area contributed by atoms with Crippen LogP contribution in [0, 0.1) is 10.1 Å². The van der Waals surface area contributed by atoms with Crippen LogP contribution in [0.15, 0.2) is 17.2 Å². The lowest BCUT2D eigenvalue weighted by Gasteiger charge is -2.07. The minimum atomic E-state index is -0.515. The summed E-state index contributed by atoms with van der Waals surface area (Å²) < 4.78 is 0. The SMILES string of the molecule is CC(CO)Sc1nc(N)ccc1[N+](=O)[O-]. The highest BCUT2D eigenvalue weighted by atomic mass is 32.2. The Kier molecular flexibility index (Phi) is 3.87. The molecule has 1 aromatic rings. The Bertz CT molecular complexity index is 372. The molecule has 0 fully saturated rings. The van der Waals surface area contributed by atoms with E-state index < -0.39 is 4.92 Å². The number of nitrogens with two attached hydrogens (primary N) is 1. The predicted molar refractivity (Wildman–Crippen MR) is 57.7 cm³/mol. The number of hydrogen-bond acceptors (Lipinski definition) is 6. The standard InChI is InChI=1S/C8H11N3O3S/c1-5(4-12)15-8-6(11(13)14)2-3-7(9)10-8/h2-3,5,12H,4H2,1H3,(H2,9,10). The molecule has 1 heterocycles. The first kappa shape index (κ1) is 11.7. The number of anilines is 1. The smallest absolute Gasteiger partial charge is 0.301 e. The third-order valence-electron chi connectivity index (χ3n) is 1.63. The second-order valence-corrected chi connectivity index (χ2v) is 4.36. The Hall–Kier alpha value is -1.34. The second-order valence-electron chi connectivity index (χ2n) is 2.93. The molecule has 15 heavy (non-hydrogen) atoms. The maximum absolute atomic E-state index is 10.7. The Balaban J connectivity index is 3.02. The number of aliphatic hydroxyl groups excluding tert-OH is 1. The molecule has 0 aromatic carbocycles. The van der Waals surface area contributed by atoms with E-state index >= 15 is 0 Å². The number of aliphatic hydroxyl groups is 1. The minimum absolute atomic E-state index is 0.0711. The van der Waals surface area contributed by atoms with Gasteiger partial charge in [0.2, 0.25) is 0 Å². The Morgan fingerprint density at radius 2 is 2.40 bits per heavy atom. The van der Waals surface area contributed by atoms with Gasteiger partial charge >= 0.3 is 5.69 Å². The largest absolute Gasteiger partial charge is 0.395 e. The van der Waals surface area contributed by atoms with Crippen LogP contribution in [0.25, 0.3) is 0 Å². The van der Waals surface area contributed by atoms with Crippen molar-refractivity contribution in [3.05, 3.63) is 22.2 Å². The molecule has 1 atom stereocenters. The minimum Gasteiger partial charge on any atom is -0.395 e. The molecular formula is C8H11N3O3S. The quantitative estimate of drug-likeness (QED) is 0.454. The molecule has 0 saturated heterocycles. The first-order chi connectivity index (χ1) is 7.04. The molecule has 0 saturated carbocycles. The summed E-state index contributed by atoms with van der Waals surface area (Å²) in [5.41, 5.74) is 5.35. The summed E-state index contributed by atoms with van der Waals surface area (Å²) in [6.07, 6.45) is 0. The van der Waals surface area contributed by atoms with Crippen molar-refractivity contribution in [3.63, 3.8) is 0 Å². The van der Waals surface area contributed by atoms with Gasteiger partial charge in [0.15, 0.2) is 5.03 Å². The third-order valence-corrected chi connectivity index (χ3v) is 2.70. The summed E-state index contributed by atoms with van der Waals surface area (Å²) in [7, 11) is 0.